The number of rotatable bonds is 7. The molecule has 174 valence electrons. The van der Waals surface area contributed by atoms with Crippen molar-refractivity contribution < 1.29 is 4.39 Å². The van der Waals surface area contributed by atoms with Crippen molar-refractivity contribution in [3.8, 4) is 11.8 Å². The van der Waals surface area contributed by atoms with Crippen LogP contribution in [0.5, 0.6) is 0 Å². The van der Waals surface area contributed by atoms with E-state index >= 15 is 0 Å². The van der Waals surface area contributed by atoms with Gasteiger partial charge in [-0.3, -0.25) is 10.00 Å². The van der Waals surface area contributed by atoms with Gasteiger partial charge in [0, 0.05) is 17.7 Å². The standard InChI is InChI=1S/C25H27FN8/c1-16(17-8-10-19(26)11-9-17)27-25-29-24(28-23-15-21(30-31-23)18-6-7-18)22-13-12-20(34(22)32-25)5-4-14-33(2)3/h8-13,15-16,18H,6-7,14H2,1-3H3,(H3,27,28,29,30,31,32)/t16-/m0/s1. The molecular formula is C25H27FN8. The van der Waals surface area contributed by atoms with Crippen LogP contribution >= 0.6 is 0 Å². The molecule has 8 nitrogen and oxygen atoms in total. The van der Waals surface area contributed by atoms with Gasteiger partial charge in [0.05, 0.1) is 12.6 Å². The van der Waals surface area contributed by atoms with Crippen molar-refractivity contribution in [2.45, 2.75) is 31.7 Å². The number of nitrogens with zero attached hydrogens (tertiary/aromatic N) is 5. The third-order valence-corrected chi connectivity index (χ3v) is 5.70. The zero-order valence-electron chi connectivity index (χ0n) is 19.4. The molecule has 5 rings (SSSR count). The van der Waals surface area contributed by atoms with Crippen LogP contribution in [-0.4, -0.2) is 50.3 Å². The van der Waals surface area contributed by atoms with Gasteiger partial charge in [0.1, 0.15) is 17.0 Å². The maximum atomic E-state index is 13.3. The molecular weight excluding hydrogens is 431 g/mol. The van der Waals surface area contributed by atoms with E-state index < -0.39 is 0 Å². The van der Waals surface area contributed by atoms with Crippen molar-refractivity contribution in [2.75, 3.05) is 31.3 Å². The van der Waals surface area contributed by atoms with Crippen LogP contribution in [0.15, 0.2) is 42.5 Å². The number of halogens is 1. The van der Waals surface area contributed by atoms with Gasteiger partial charge in [0.25, 0.3) is 0 Å². The molecule has 34 heavy (non-hydrogen) atoms. The van der Waals surface area contributed by atoms with Crippen molar-refractivity contribution >= 4 is 23.1 Å². The average Bonchev–Trinajstić information content (AvgIpc) is 3.42. The summed E-state index contributed by atoms with van der Waals surface area (Å²) < 4.78 is 15.1. The molecule has 1 saturated carbocycles. The molecule has 1 fully saturated rings. The molecule has 1 aliphatic carbocycles. The number of hydrogen-bond donors (Lipinski definition) is 3. The minimum Gasteiger partial charge on any atom is -0.346 e. The molecule has 0 spiro atoms. The van der Waals surface area contributed by atoms with E-state index in [9.17, 15) is 4.39 Å². The summed E-state index contributed by atoms with van der Waals surface area (Å²) in [5, 5.41) is 18.9. The van der Waals surface area contributed by atoms with Gasteiger partial charge in [-0.05, 0) is 69.6 Å². The van der Waals surface area contributed by atoms with Crippen LogP contribution in [0.2, 0.25) is 0 Å². The van der Waals surface area contributed by atoms with Crippen LogP contribution < -0.4 is 10.6 Å². The molecule has 0 aliphatic heterocycles. The zero-order valence-corrected chi connectivity index (χ0v) is 19.4. The van der Waals surface area contributed by atoms with E-state index in [0.29, 0.717) is 30.0 Å². The van der Waals surface area contributed by atoms with Gasteiger partial charge in [-0.15, -0.1) is 5.10 Å². The summed E-state index contributed by atoms with van der Waals surface area (Å²) in [4.78, 5) is 6.74. The lowest BCUT2D eigenvalue weighted by molar-refractivity contribution is 0.464. The molecule has 9 heteroatoms. The molecule has 0 amide bonds. The van der Waals surface area contributed by atoms with Crippen molar-refractivity contribution in [3.63, 3.8) is 0 Å². The van der Waals surface area contributed by atoms with E-state index in [2.05, 4.69) is 32.7 Å². The summed E-state index contributed by atoms with van der Waals surface area (Å²) in [7, 11) is 3.96. The van der Waals surface area contributed by atoms with Gasteiger partial charge < -0.3 is 10.6 Å². The monoisotopic (exact) mass is 458 g/mol. The van der Waals surface area contributed by atoms with E-state index in [1.54, 1.807) is 16.6 Å². The van der Waals surface area contributed by atoms with E-state index in [-0.39, 0.29) is 11.9 Å². The lowest BCUT2D eigenvalue weighted by Crippen LogP contribution is -2.13. The first-order chi connectivity index (χ1) is 16.5. The molecule has 0 unspecified atom stereocenters. The summed E-state index contributed by atoms with van der Waals surface area (Å²) in [6.45, 7) is 2.63. The van der Waals surface area contributed by atoms with Crippen LogP contribution in [0.1, 0.15) is 48.7 Å². The Morgan fingerprint density at radius 3 is 2.74 bits per heavy atom. The Labute approximate surface area is 197 Å². The summed E-state index contributed by atoms with van der Waals surface area (Å²) in [5.41, 5.74) is 3.63. The number of anilines is 3. The molecule has 3 N–H and O–H groups in total. The lowest BCUT2D eigenvalue weighted by atomic mass is 10.1. The summed E-state index contributed by atoms with van der Waals surface area (Å²) in [5.74, 6) is 8.43. The lowest BCUT2D eigenvalue weighted by Gasteiger charge is -2.16. The quantitative estimate of drug-likeness (QED) is 0.358. The number of hydrogen-bond acceptors (Lipinski definition) is 6. The highest BCUT2D eigenvalue weighted by atomic mass is 19.1. The Bertz CT molecular complexity index is 1360. The summed E-state index contributed by atoms with van der Waals surface area (Å²) in [6, 6.07) is 12.2. The summed E-state index contributed by atoms with van der Waals surface area (Å²) >= 11 is 0. The molecule has 1 aromatic carbocycles. The highest BCUT2D eigenvalue weighted by molar-refractivity contribution is 5.74. The van der Waals surface area contributed by atoms with Gasteiger partial charge >= 0.3 is 0 Å². The second-order valence-corrected chi connectivity index (χ2v) is 8.86. The topological polar surface area (TPSA) is 86.2 Å². The molecule has 3 heterocycles. The first-order valence-corrected chi connectivity index (χ1v) is 11.3. The molecule has 1 atom stereocenters. The van der Waals surface area contributed by atoms with Gasteiger partial charge in [-0.1, -0.05) is 18.1 Å². The Balaban J connectivity index is 1.49. The first kappa shape index (κ1) is 21.9. The maximum absolute atomic E-state index is 13.3. The van der Waals surface area contributed by atoms with Crippen LogP contribution in [0.3, 0.4) is 0 Å². The Morgan fingerprint density at radius 1 is 1.21 bits per heavy atom. The van der Waals surface area contributed by atoms with Gasteiger partial charge in [-0.25, -0.2) is 8.91 Å². The number of aromatic amines is 1. The van der Waals surface area contributed by atoms with Crippen LogP contribution in [0, 0.1) is 17.7 Å². The smallest absolute Gasteiger partial charge is 0.243 e. The van der Waals surface area contributed by atoms with Gasteiger partial charge in [0.2, 0.25) is 5.95 Å². The number of fused-ring (bicyclic) bond motifs is 1. The average molecular weight is 459 g/mol. The van der Waals surface area contributed by atoms with Gasteiger partial charge in [0.15, 0.2) is 11.6 Å². The fourth-order valence-electron chi connectivity index (χ4n) is 3.69. The normalized spacial score (nSPS) is 14.1. The van der Waals surface area contributed by atoms with E-state index in [4.69, 9.17) is 10.1 Å². The van der Waals surface area contributed by atoms with E-state index in [0.717, 1.165) is 22.5 Å². The molecule has 3 aromatic heterocycles. The predicted molar refractivity (Wildman–Crippen MR) is 131 cm³/mol. The highest BCUT2D eigenvalue weighted by Crippen LogP contribution is 2.39. The second-order valence-electron chi connectivity index (χ2n) is 8.86. The third-order valence-electron chi connectivity index (χ3n) is 5.70. The van der Waals surface area contributed by atoms with Crippen LogP contribution in [0.25, 0.3) is 5.52 Å². The largest absolute Gasteiger partial charge is 0.346 e. The van der Waals surface area contributed by atoms with Gasteiger partial charge in [-0.2, -0.15) is 10.1 Å². The van der Waals surface area contributed by atoms with Crippen molar-refractivity contribution in [1.82, 2.24) is 29.7 Å². The highest BCUT2D eigenvalue weighted by Gasteiger charge is 2.25. The van der Waals surface area contributed by atoms with Crippen molar-refractivity contribution in [1.29, 1.82) is 0 Å². The second kappa shape index (κ2) is 9.15. The maximum Gasteiger partial charge on any atom is 0.243 e. The zero-order chi connectivity index (χ0) is 23.7. The molecule has 4 aromatic rings. The SMILES string of the molecule is C[C@H](Nc1nc(Nc2cc(C3CC3)[nH]n2)c2ccc(C#CCN(C)C)n2n1)c1ccc(F)cc1. The minimum atomic E-state index is -0.266. The van der Waals surface area contributed by atoms with Crippen molar-refractivity contribution in [2.24, 2.45) is 0 Å². The van der Waals surface area contributed by atoms with E-state index in [1.165, 1.54) is 25.0 Å². The number of benzene rings is 1. The molecule has 0 radical (unpaired) electrons. The Morgan fingerprint density at radius 2 is 2.00 bits per heavy atom. The fraction of sp³-hybridized carbons (Fsp3) is 0.320. The predicted octanol–water partition coefficient (Wildman–Crippen LogP) is 4.30. The Kier molecular flexibility index (Phi) is 5.90. The third kappa shape index (κ3) is 4.87. The van der Waals surface area contributed by atoms with Crippen LogP contribution in [-0.2, 0) is 0 Å². The summed E-state index contributed by atoms with van der Waals surface area (Å²) in [6.07, 6.45) is 2.39. The number of aromatic nitrogens is 5. The van der Waals surface area contributed by atoms with Crippen molar-refractivity contribution in [3.05, 3.63) is 65.2 Å². The molecule has 0 saturated heterocycles. The number of nitrogens with one attached hydrogen (secondary N) is 3. The minimum absolute atomic E-state index is 0.128. The Hall–Kier alpha value is -3.90. The first-order valence-electron chi connectivity index (χ1n) is 11.3. The fourth-order valence-corrected chi connectivity index (χ4v) is 3.69. The molecule has 0 bridgehead atoms. The van der Waals surface area contributed by atoms with E-state index in [1.807, 2.05) is 44.1 Å². The molecule has 1 aliphatic rings. The number of H-pyrrole nitrogens is 1. The van der Waals surface area contributed by atoms with Crippen LogP contribution in [0.4, 0.5) is 22.0 Å².